The average Bonchev–Trinajstić information content (AvgIpc) is 2.64. The third-order valence-corrected chi connectivity index (χ3v) is 3.37. The van der Waals surface area contributed by atoms with Gasteiger partial charge in [0.2, 0.25) is 11.8 Å². The first-order valence-electron chi connectivity index (χ1n) is 7.51. The molecule has 21 heavy (non-hydrogen) atoms. The second-order valence-corrected chi connectivity index (χ2v) is 5.21. The van der Waals surface area contributed by atoms with Crippen LogP contribution in [0.1, 0.15) is 38.2 Å². The Morgan fingerprint density at radius 1 is 1.38 bits per heavy atom. The number of hydrogen-bond acceptors (Lipinski definition) is 3. The van der Waals surface area contributed by atoms with Crippen LogP contribution < -0.4 is 15.4 Å². The van der Waals surface area contributed by atoms with Crippen LogP contribution in [0.4, 0.5) is 5.69 Å². The summed E-state index contributed by atoms with van der Waals surface area (Å²) >= 11 is 0. The number of amides is 2. The highest BCUT2D eigenvalue weighted by molar-refractivity contribution is 5.93. The van der Waals surface area contributed by atoms with Gasteiger partial charge >= 0.3 is 0 Å². The Kier molecular flexibility index (Phi) is 5.60. The first-order chi connectivity index (χ1) is 10.2. The van der Waals surface area contributed by atoms with Gasteiger partial charge in [-0.1, -0.05) is 25.8 Å². The van der Waals surface area contributed by atoms with Gasteiger partial charge in [-0.25, -0.2) is 0 Å². The number of nitrogens with one attached hydrogen (secondary N) is 2. The first kappa shape index (κ1) is 15.4. The van der Waals surface area contributed by atoms with Crippen molar-refractivity contribution in [3.8, 4) is 5.75 Å². The van der Waals surface area contributed by atoms with Crippen LogP contribution in [0.3, 0.4) is 0 Å². The van der Waals surface area contributed by atoms with E-state index in [1.807, 2.05) is 12.1 Å². The normalized spacial score (nSPS) is 13.7. The van der Waals surface area contributed by atoms with Crippen LogP contribution in [0.25, 0.3) is 0 Å². The van der Waals surface area contributed by atoms with Crippen molar-refractivity contribution in [3.63, 3.8) is 0 Å². The van der Waals surface area contributed by atoms with Crippen molar-refractivity contribution in [2.75, 3.05) is 18.5 Å². The number of carbonyl (C=O) groups is 2. The summed E-state index contributed by atoms with van der Waals surface area (Å²) in [6.07, 6.45) is 3.94. The smallest absolute Gasteiger partial charge is 0.227 e. The lowest BCUT2D eigenvalue weighted by Gasteiger charge is -2.10. The summed E-state index contributed by atoms with van der Waals surface area (Å²) in [6.45, 7) is 3.24. The number of fused-ring (bicyclic) bond motifs is 1. The van der Waals surface area contributed by atoms with Crippen molar-refractivity contribution in [2.24, 2.45) is 0 Å². The molecule has 1 aliphatic heterocycles. The van der Waals surface area contributed by atoms with Crippen LogP contribution in [-0.2, 0) is 16.0 Å². The molecule has 5 heteroatoms. The standard InChI is InChI=1S/C16H22N2O3/c1-2-3-4-8-17-16(20)11-12-5-6-14-13(10-12)18-15(19)7-9-21-14/h5-6,10H,2-4,7-9,11H2,1H3,(H,17,20)(H,18,19). The van der Waals surface area contributed by atoms with Crippen molar-refractivity contribution in [3.05, 3.63) is 23.8 Å². The fourth-order valence-corrected chi connectivity index (χ4v) is 2.23. The number of hydrogen-bond donors (Lipinski definition) is 2. The molecule has 1 aromatic rings. The van der Waals surface area contributed by atoms with Gasteiger partial charge in [-0.2, -0.15) is 0 Å². The lowest BCUT2D eigenvalue weighted by atomic mass is 10.1. The summed E-state index contributed by atoms with van der Waals surface area (Å²) in [5.41, 5.74) is 1.52. The molecule has 2 N–H and O–H groups in total. The zero-order valence-electron chi connectivity index (χ0n) is 12.4. The molecule has 0 unspecified atom stereocenters. The van der Waals surface area contributed by atoms with Crippen LogP contribution >= 0.6 is 0 Å². The molecular formula is C16H22N2O3. The molecule has 0 fully saturated rings. The molecule has 1 aliphatic rings. The van der Waals surface area contributed by atoms with E-state index in [1.165, 1.54) is 0 Å². The van der Waals surface area contributed by atoms with Gasteiger partial charge in [0.15, 0.2) is 0 Å². The maximum Gasteiger partial charge on any atom is 0.227 e. The number of carbonyl (C=O) groups excluding carboxylic acids is 2. The van der Waals surface area contributed by atoms with Crippen molar-refractivity contribution in [1.29, 1.82) is 0 Å². The Balaban J connectivity index is 1.92. The average molecular weight is 290 g/mol. The second-order valence-electron chi connectivity index (χ2n) is 5.21. The largest absolute Gasteiger partial charge is 0.491 e. The molecule has 0 aliphatic carbocycles. The molecule has 0 aromatic heterocycles. The summed E-state index contributed by atoms with van der Waals surface area (Å²) in [6, 6.07) is 5.48. The summed E-state index contributed by atoms with van der Waals surface area (Å²) in [7, 11) is 0. The van der Waals surface area contributed by atoms with E-state index in [4.69, 9.17) is 4.74 Å². The maximum absolute atomic E-state index is 11.8. The molecule has 114 valence electrons. The second kappa shape index (κ2) is 7.67. The molecule has 0 bridgehead atoms. The number of rotatable bonds is 6. The van der Waals surface area contributed by atoms with Crippen molar-refractivity contribution < 1.29 is 14.3 Å². The first-order valence-corrected chi connectivity index (χ1v) is 7.51. The number of anilines is 1. The van der Waals surface area contributed by atoms with Crippen LogP contribution in [0.5, 0.6) is 5.75 Å². The Hall–Kier alpha value is -2.04. The van der Waals surface area contributed by atoms with E-state index in [1.54, 1.807) is 6.07 Å². The molecule has 1 heterocycles. The van der Waals surface area contributed by atoms with E-state index in [2.05, 4.69) is 17.6 Å². The molecule has 0 radical (unpaired) electrons. The summed E-state index contributed by atoms with van der Waals surface area (Å²) in [5, 5.41) is 5.71. The van der Waals surface area contributed by atoms with Crippen molar-refractivity contribution in [1.82, 2.24) is 5.32 Å². The van der Waals surface area contributed by atoms with Gasteiger partial charge in [0.05, 0.1) is 25.1 Å². The molecule has 0 atom stereocenters. The number of benzene rings is 1. The highest BCUT2D eigenvalue weighted by atomic mass is 16.5. The molecule has 0 saturated carbocycles. The van der Waals surface area contributed by atoms with Crippen LogP contribution in [0.15, 0.2) is 18.2 Å². The Morgan fingerprint density at radius 3 is 3.05 bits per heavy atom. The zero-order chi connectivity index (χ0) is 15.1. The fourth-order valence-electron chi connectivity index (χ4n) is 2.23. The van der Waals surface area contributed by atoms with E-state index >= 15 is 0 Å². The predicted molar refractivity (Wildman–Crippen MR) is 81.4 cm³/mol. The third-order valence-electron chi connectivity index (χ3n) is 3.37. The maximum atomic E-state index is 11.8. The minimum Gasteiger partial charge on any atom is -0.491 e. The highest BCUT2D eigenvalue weighted by Gasteiger charge is 2.14. The number of unbranched alkanes of at least 4 members (excludes halogenated alkanes) is 2. The molecule has 2 amide bonds. The molecule has 1 aromatic carbocycles. The SMILES string of the molecule is CCCCCNC(=O)Cc1ccc2c(c1)NC(=O)CCO2. The Morgan fingerprint density at radius 2 is 2.24 bits per heavy atom. The lowest BCUT2D eigenvalue weighted by Crippen LogP contribution is -2.26. The van der Waals surface area contributed by atoms with Gasteiger partial charge < -0.3 is 15.4 Å². The highest BCUT2D eigenvalue weighted by Crippen LogP contribution is 2.28. The monoisotopic (exact) mass is 290 g/mol. The van der Waals surface area contributed by atoms with Gasteiger partial charge in [-0.05, 0) is 24.1 Å². The van der Waals surface area contributed by atoms with Gasteiger partial charge in [0.1, 0.15) is 5.75 Å². The van der Waals surface area contributed by atoms with Crippen molar-refractivity contribution in [2.45, 2.75) is 39.0 Å². The predicted octanol–water partition coefficient (Wildman–Crippen LogP) is 2.26. The van der Waals surface area contributed by atoms with E-state index in [9.17, 15) is 9.59 Å². The number of ether oxygens (including phenoxy) is 1. The molecule has 0 spiro atoms. The minimum atomic E-state index is -0.0603. The van der Waals surface area contributed by atoms with Crippen LogP contribution in [-0.4, -0.2) is 25.0 Å². The van der Waals surface area contributed by atoms with Gasteiger partial charge in [-0.3, -0.25) is 9.59 Å². The Bertz CT molecular complexity index is 514. The molecular weight excluding hydrogens is 268 g/mol. The van der Waals surface area contributed by atoms with Gasteiger partial charge in [-0.15, -0.1) is 0 Å². The minimum absolute atomic E-state index is 0.00641. The van der Waals surface area contributed by atoms with Crippen LogP contribution in [0.2, 0.25) is 0 Å². The quantitative estimate of drug-likeness (QED) is 0.790. The van der Waals surface area contributed by atoms with E-state index in [-0.39, 0.29) is 11.8 Å². The molecule has 2 rings (SSSR count). The van der Waals surface area contributed by atoms with Crippen LogP contribution in [0, 0.1) is 0 Å². The van der Waals surface area contributed by atoms with E-state index < -0.39 is 0 Å². The lowest BCUT2D eigenvalue weighted by molar-refractivity contribution is -0.120. The molecule has 5 nitrogen and oxygen atoms in total. The van der Waals surface area contributed by atoms with Gasteiger partial charge in [0.25, 0.3) is 0 Å². The fraction of sp³-hybridized carbons (Fsp3) is 0.500. The summed E-state index contributed by atoms with van der Waals surface area (Å²) < 4.78 is 5.49. The molecule has 0 saturated heterocycles. The topological polar surface area (TPSA) is 67.4 Å². The zero-order valence-corrected chi connectivity index (χ0v) is 12.4. The van der Waals surface area contributed by atoms with Crippen molar-refractivity contribution >= 4 is 17.5 Å². The third kappa shape index (κ3) is 4.77. The van der Waals surface area contributed by atoms with Gasteiger partial charge in [0, 0.05) is 6.54 Å². The van der Waals surface area contributed by atoms with E-state index in [0.29, 0.717) is 30.9 Å². The van der Waals surface area contributed by atoms with E-state index in [0.717, 1.165) is 31.4 Å². The summed E-state index contributed by atoms with van der Waals surface area (Å²) in [4.78, 5) is 23.4. The summed E-state index contributed by atoms with van der Waals surface area (Å²) in [5.74, 6) is 0.606. The Labute approximate surface area is 125 Å².